The van der Waals surface area contributed by atoms with Gasteiger partial charge in [-0.05, 0) is 5.56 Å². The monoisotopic (exact) mass is 232 g/mol. The smallest absolute Gasteiger partial charge is 0.243 e. The molecule has 1 aromatic carbocycles. The zero-order valence-corrected chi connectivity index (χ0v) is 9.63. The first kappa shape index (κ1) is 11.7. The highest BCUT2D eigenvalue weighted by molar-refractivity contribution is 5.93. The number of carbonyl (C=O) groups is 1. The minimum atomic E-state index is -0.421. The molecular formula is C13H16N2O2. The van der Waals surface area contributed by atoms with Gasteiger partial charge in [0.05, 0.1) is 13.2 Å². The summed E-state index contributed by atoms with van der Waals surface area (Å²) in [5, 5.41) is 0. The van der Waals surface area contributed by atoms with Crippen molar-refractivity contribution in [3.63, 3.8) is 0 Å². The van der Waals surface area contributed by atoms with Gasteiger partial charge in [-0.1, -0.05) is 30.3 Å². The molecule has 0 aromatic heterocycles. The molecule has 1 saturated heterocycles. The predicted molar refractivity (Wildman–Crippen MR) is 66.0 cm³/mol. The summed E-state index contributed by atoms with van der Waals surface area (Å²) in [7, 11) is 0. The van der Waals surface area contributed by atoms with Crippen LogP contribution in [0.3, 0.4) is 0 Å². The molecule has 17 heavy (non-hydrogen) atoms. The largest absolute Gasteiger partial charge is 0.378 e. The van der Waals surface area contributed by atoms with Gasteiger partial charge in [0.2, 0.25) is 5.91 Å². The Balaban J connectivity index is 2.28. The highest BCUT2D eigenvalue weighted by atomic mass is 16.5. The summed E-state index contributed by atoms with van der Waals surface area (Å²) in [6.45, 7) is 2.94. The normalized spacial score (nSPS) is 16.9. The minimum absolute atomic E-state index is 0.421. The van der Waals surface area contributed by atoms with E-state index in [0.29, 0.717) is 13.2 Å². The van der Waals surface area contributed by atoms with E-state index in [9.17, 15) is 4.79 Å². The van der Waals surface area contributed by atoms with E-state index in [2.05, 4.69) is 4.90 Å². The topological polar surface area (TPSA) is 55.6 Å². The molecule has 1 aliphatic heterocycles. The van der Waals surface area contributed by atoms with Crippen LogP contribution in [-0.2, 0) is 9.53 Å². The number of morpholine rings is 1. The number of hydrogen-bond donors (Lipinski definition) is 1. The fraction of sp³-hybridized carbons (Fsp3) is 0.308. The standard InChI is InChI=1S/C13H16N2O2/c14-13(16)10-12(11-4-2-1-3-5-11)15-6-8-17-9-7-15/h1-5,10H,6-9H2,(H2,14,16)/b12-10+. The first-order valence-corrected chi connectivity index (χ1v) is 5.66. The van der Waals surface area contributed by atoms with E-state index in [1.165, 1.54) is 6.08 Å². The van der Waals surface area contributed by atoms with Gasteiger partial charge < -0.3 is 15.4 Å². The second-order valence-corrected chi connectivity index (χ2v) is 3.90. The first-order chi connectivity index (χ1) is 8.27. The van der Waals surface area contributed by atoms with E-state index in [0.717, 1.165) is 24.4 Å². The van der Waals surface area contributed by atoms with Gasteiger partial charge in [0, 0.05) is 24.9 Å². The Morgan fingerprint density at radius 3 is 2.47 bits per heavy atom. The van der Waals surface area contributed by atoms with Crippen molar-refractivity contribution in [1.82, 2.24) is 4.90 Å². The number of amides is 1. The molecule has 2 rings (SSSR count). The minimum Gasteiger partial charge on any atom is -0.378 e. The highest BCUT2D eigenvalue weighted by Crippen LogP contribution is 2.19. The van der Waals surface area contributed by atoms with Gasteiger partial charge in [-0.25, -0.2) is 0 Å². The van der Waals surface area contributed by atoms with Crippen molar-refractivity contribution in [1.29, 1.82) is 0 Å². The zero-order valence-electron chi connectivity index (χ0n) is 9.63. The Morgan fingerprint density at radius 2 is 1.88 bits per heavy atom. The van der Waals surface area contributed by atoms with Gasteiger partial charge in [0.15, 0.2) is 0 Å². The third-order valence-electron chi connectivity index (χ3n) is 2.70. The lowest BCUT2D eigenvalue weighted by molar-refractivity contribution is -0.113. The van der Waals surface area contributed by atoms with Crippen LogP contribution >= 0.6 is 0 Å². The van der Waals surface area contributed by atoms with Crippen molar-refractivity contribution in [3.05, 3.63) is 42.0 Å². The number of ether oxygens (including phenoxy) is 1. The number of hydrogen-bond acceptors (Lipinski definition) is 3. The summed E-state index contributed by atoms with van der Waals surface area (Å²) in [6.07, 6.45) is 1.49. The number of nitrogens with zero attached hydrogens (tertiary/aromatic N) is 1. The summed E-state index contributed by atoms with van der Waals surface area (Å²) >= 11 is 0. The molecule has 0 atom stereocenters. The van der Waals surface area contributed by atoms with Gasteiger partial charge in [-0.15, -0.1) is 0 Å². The van der Waals surface area contributed by atoms with Gasteiger partial charge >= 0.3 is 0 Å². The van der Waals surface area contributed by atoms with Crippen molar-refractivity contribution in [2.45, 2.75) is 0 Å². The van der Waals surface area contributed by atoms with Crippen LogP contribution in [0.4, 0.5) is 0 Å². The average molecular weight is 232 g/mol. The van der Waals surface area contributed by atoms with Crippen molar-refractivity contribution < 1.29 is 9.53 Å². The molecule has 1 aliphatic rings. The molecule has 0 spiro atoms. The van der Waals surface area contributed by atoms with Crippen LogP contribution < -0.4 is 5.73 Å². The number of primary amides is 1. The van der Waals surface area contributed by atoms with Crippen LogP contribution in [0.1, 0.15) is 5.56 Å². The number of nitrogens with two attached hydrogens (primary N) is 1. The van der Waals surface area contributed by atoms with Crippen LogP contribution in [-0.4, -0.2) is 37.1 Å². The Hall–Kier alpha value is -1.81. The molecule has 1 amide bonds. The van der Waals surface area contributed by atoms with Crippen molar-refractivity contribution in [2.24, 2.45) is 5.73 Å². The molecule has 0 aliphatic carbocycles. The predicted octanol–water partition coefficient (Wildman–Crippen LogP) is 0.845. The maximum Gasteiger partial charge on any atom is 0.243 e. The highest BCUT2D eigenvalue weighted by Gasteiger charge is 2.15. The van der Waals surface area contributed by atoms with Crippen molar-refractivity contribution in [3.8, 4) is 0 Å². The second kappa shape index (κ2) is 5.50. The molecule has 0 saturated carbocycles. The summed E-state index contributed by atoms with van der Waals surface area (Å²) in [5.41, 5.74) is 7.15. The van der Waals surface area contributed by atoms with Crippen LogP contribution in [0, 0.1) is 0 Å². The molecule has 1 fully saturated rings. The summed E-state index contributed by atoms with van der Waals surface area (Å²) in [6, 6.07) is 9.80. The molecule has 4 heteroatoms. The lowest BCUT2D eigenvalue weighted by Gasteiger charge is -2.31. The Kier molecular flexibility index (Phi) is 3.77. The van der Waals surface area contributed by atoms with E-state index in [-0.39, 0.29) is 0 Å². The molecule has 1 heterocycles. The van der Waals surface area contributed by atoms with Crippen LogP contribution in [0.5, 0.6) is 0 Å². The van der Waals surface area contributed by atoms with E-state index >= 15 is 0 Å². The molecule has 0 bridgehead atoms. The third kappa shape index (κ3) is 3.07. The average Bonchev–Trinajstić information content (AvgIpc) is 2.38. The van der Waals surface area contributed by atoms with Crippen molar-refractivity contribution >= 4 is 11.6 Å². The molecular weight excluding hydrogens is 216 g/mol. The number of benzene rings is 1. The quantitative estimate of drug-likeness (QED) is 0.786. The molecule has 4 nitrogen and oxygen atoms in total. The van der Waals surface area contributed by atoms with Crippen molar-refractivity contribution in [2.75, 3.05) is 26.3 Å². The summed E-state index contributed by atoms with van der Waals surface area (Å²) < 4.78 is 5.31. The van der Waals surface area contributed by atoms with E-state index < -0.39 is 5.91 Å². The number of rotatable bonds is 3. The molecule has 0 unspecified atom stereocenters. The Bertz CT molecular complexity index is 409. The van der Waals surface area contributed by atoms with E-state index in [4.69, 9.17) is 10.5 Å². The third-order valence-corrected chi connectivity index (χ3v) is 2.70. The molecule has 90 valence electrons. The fourth-order valence-electron chi connectivity index (χ4n) is 1.91. The van der Waals surface area contributed by atoms with Crippen LogP contribution in [0.25, 0.3) is 5.70 Å². The fourth-order valence-corrected chi connectivity index (χ4v) is 1.91. The van der Waals surface area contributed by atoms with E-state index in [1.807, 2.05) is 30.3 Å². The zero-order chi connectivity index (χ0) is 12.1. The van der Waals surface area contributed by atoms with Gasteiger partial charge in [-0.2, -0.15) is 0 Å². The maximum atomic E-state index is 11.1. The van der Waals surface area contributed by atoms with Crippen LogP contribution in [0.15, 0.2) is 36.4 Å². The van der Waals surface area contributed by atoms with Gasteiger partial charge in [-0.3, -0.25) is 4.79 Å². The van der Waals surface area contributed by atoms with Gasteiger partial charge in [0.25, 0.3) is 0 Å². The lowest BCUT2D eigenvalue weighted by atomic mass is 10.1. The second-order valence-electron chi connectivity index (χ2n) is 3.90. The Morgan fingerprint density at radius 1 is 1.24 bits per heavy atom. The molecule has 1 aromatic rings. The maximum absolute atomic E-state index is 11.1. The molecule has 0 radical (unpaired) electrons. The van der Waals surface area contributed by atoms with Crippen LogP contribution in [0.2, 0.25) is 0 Å². The summed E-state index contributed by atoms with van der Waals surface area (Å²) in [4.78, 5) is 13.2. The number of carbonyl (C=O) groups excluding carboxylic acids is 1. The van der Waals surface area contributed by atoms with E-state index in [1.54, 1.807) is 0 Å². The van der Waals surface area contributed by atoms with Gasteiger partial charge in [0.1, 0.15) is 0 Å². The molecule has 2 N–H and O–H groups in total. The Labute approximate surface area is 101 Å². The SMILES string of the molecule is NC(=O)/C=C(\c1ccccc1)N1CCOCC1. The summed E-state index contributed by atoms with van der Waals surface area (Å²) in [5.74, 6) is -0.421. The lowest BCUT2D eigenvalue weighted by Crippen LogP contribution is -2.35. The first-order valence-electron chi connectivity index (χ1n) is 5.66.